The van der Waals surface area contributed by atoms with E-state index in [2.05, 4.69) is 39.8 Å². The van der Waals surface area contributed by atoms with E-state index in [1.165, 1.54) is 31.8 Å². The molecular formula is C28H51FO3. The highest BCUT2D eigenvalue weighted by Gasteiger charge is 2.44. The molecule has 2 saturated carbocycles. The van der Waals surface area contributed by atoms with Gasteiger partial charge in [0.15, 0.2) is 0 Å². The number of rotatable bonds is 8. The summed E-state index contributed by atoms with van der Waals surface area (Å²) in [5, 5.41) is 19.9. The second kappa shape index (κ2) is 13.9. The fourth-order valence-corrected chi connectivity index (χ4v) is 5.66. The molecule has 0 spiro atoms. The maximum absolute atomic E-state index is 10.3. The average Bonchev–Trinajstić information content (AvgIpc) is 2.69. The van der Waals surface area contributed by atoms with Crippen molar-refractivity contribution < 1.29 is 19.3 Å². The predicted octanol–water partition coefficient (Wildman–Crippen LogP) is 7.17. The number of halogens is 1. The number of allylic oxidation sites excluding steroid dienone is 3. The highest BCUT2D eigenvalue weighted by molar-refractivity contribution is 5.24. The Hall–Kier alpha value is -0.710. The molecule has 4 heteroatoms. The van der Waals surface area contributed by atoms with Crippen molar-refractivity contribution in [2.45, 2.75) is 124 Å². The van der Waals surface area contributed by atoms with Crippen molar-refractivity contribution in [3.8, 4) is 0 Å². The third kappa shape index (κ3) is 9.27. The van der Waals surface area contributed by atoms with Gasteiger partial charge in [0.25, 0.3) is 0 Å². The number of aliphatic hydroxyl groups excluding tert-OH is 1. The predicted molar refractivity (Wildman–Crippen MR) is 134 cm³/mol. The molecule has 2 N–H and O–H groups in total. The van der Waals surface area contributed by atoms with Crippen LogP contribution in [0.4, 0.5) is 4.39 Å². The van der Waals surface area contributed by atoms with E-state index in [1.54, 1.807) is 5.57 Å². The van der Waals surface area contributed by atoms with Crippen LogP contribution in [-0.4, -0.2) is 41.3 Å². The van der Waals surface area contributed by atoms with Gasteiger partial charge >= 0.3 is 0 Å². The van der Waals surface area contributed by atoms with Gasteiger partial charge in [0, 0.05) is 6.61 Å². The third-order valence-corrected chi connectivity index (χ3v) is 7.74. The quantitative estimate of drug-likeness (QED) is 0.409. The van der Waals surface area contributed by atoms with Crippen LogP contribution in [0.15, 0.2) is 23.3 Å². The molecule has 5 atom stereocenters. The molecule has 0 aromatic carbocycles. The molecular weight excluding hydrogens is 403 g/mol. The van der Waals surface area contributed by atoms with E-state index in [-0.39, 0.29) is 24.3 Å². The van der Waals surface area contributed by atoms with E-state index in [9.17, 15) is 14.6 Å². The van der Waals surface area contributed by atoms with E-state index >= 15 is 0 Å². The van der Waals surface area contributed by atoms with Crippen LogP contribution in [0.25, 0.3) is 0 Å². The van der Waals surface area contributed by atoms with Gasteiger partial charge in [-0.15, -0.1) is 0 Å². The Bertz CT molecular complexity index is 592. The molecule has 3 nitrogen and oxygen atoms in total. The molecule has 0 aromatic heterocycles. The maximum Gasteiger partial charge on any atom is 0.0866 e. The third-order valence-electron chi connectivity index (χ3n) is 7.74. The SMILES string of the molecule is CCC(C(C)OCCC(C)(C)O)C1(C)CCC/C(=C\C=C2\CCCC(O)C2)C1C.CCF. The highest BCUT2D eigenvalue weighted by Crippen LogP contribution is 2.51. The fraction of sp³-hybridized carbons (Fsp3) is 0.857. The number of alkyl halides is 1. The molecule has 2 aliphatic rings. The molecule has 0 radical (unpaired) electrons. The second-order valence-electron chi connectivity index (χ2n) is 10.8. The standard InChI is InChI=1S/C26H46O3.C2H5F/c1-7-24(20(3)29-17-16-25(4,5)28)26(6)15-9-11-22(19(26)2)14-13-21-10-8-12-23(27)18-21;1-2-3/h13-14,19-20,23-24,27-28H,7-12,15-18H2,1-6H3;2H2,1H3/b21-13-,22-14+;. The van der Waals surface area contributed by atoms with E-state index in [0.29, 0.717) is 24.9 Å². The first-order chi connectivity index (χ1) is 15.0. The minimum Gasteiger partial charge on any atom is -0.393 e. The van der Waals surface area contributed by atoms with Crippen LogP contribution in [0.3, 0.4) is 0 Å². The Kier molecular flexibility index (Phi) is 12.7. The lowest BCUT2D eigenvalue weighted by atomic mass is 9.58. The molecule has 0 bridgehead atoms. The van der Waals surface area contributed by atoms with Crippen molar-refractivity contribution in [1.29, 1.82) is 0 Å². The van der Waals surface area contributed by atoms with Gasteiger partial charge in [-0.2, -0.15) is 0 Å². The normalized spacial score (nSPS) is 31.2. The van der Waals surface area contributed by atoms with E-state index < -0.39 is 5.60 Å². The lowest BCUT2D eigenvalue weighted by molar-refractivity contribution is -0.0631. The Balaban J connectivity index is 0.00000161. The maximum atomic E-state index is 10.3. The number of aliphatic hydroxyl groups is 2. The molecule has 0 heterocycles. The highest BCUT2D eigenvalue weighted by atomic mass is 19.1. The van der Waals surface area contributed by atoms with Crippen LogP contribution in [0.5, 0.6) is 0 Å². The molecule has 2 fully saturated rings. The van der Waals surface area contributed by atoms with E-state index in [4.69, 9.17) is 4.74 Å². The van der Waals surface area contributed by atoms with Gasteiger partial charge in [0.1, 0.15) is 0 Å². The summed E-state index contributed by atoms with van der Waals surface area (Å²) >= 11 is 0. The Morgan fingerprint density at radius 3 is 2.44 bits per heavy atom. The van der Waals surface area contributed by atoms with Crippen molar-refractivity contribution in [2.75, 3.05) is 13.3 Å². The van der Waals surface area contributed by atoms with Gasteiger partial charge in [-0.3, -0.25) is 4.39 Å². The van der Waals surface area contributed by atoms with Gasteiger partial charge in [0.2, 0.25) is 0 Å². The monoisotopic (exact) mass is 454 g/mol. The molecule has 0 saturated heterocycles. The first kappa shape index (κ1) is 29.3. The smallest absolute Gasteiger partial charge is 0.0866 e. The Morgan fingerprint density at radius 2 is 1.88 bits per heavy atom. The Labute approximate surface area is 197 Å². The summed E-state index contributed by atoms with van der Waals surface area (Å²) in [6, 6.07) is 0. The molecule has 188 valence electrons. The number of ether oxygens (including phenoxy) is 1. The zero-order chi connectivity index (χ0) is 24.4. The van der Waals surface area contributed by atoms with Crippen molar-refractivity contribution in [1.82, 2.24) is 0 Å². The molecule has 0 amide bonds. The lowest BCUT2D eigenvalue weighted by Crippen LogP contribution is -2.43. The molecule has 0 aliphatic heterocycles. The lowest BCUT2D eigenvalue weighted by Gasteiger charge is -2.49. The zero-order valence-corrected chi connectivity index (χ0v) is 21.9. The van der Waals surface area contributed by atoms with Crippen LogP contribution >= 0.6 is 0 Å². The summed E-state index contributed by atoms with van der Waals surface area (Å²) in [6.45, 7) is 14.9. The summed E-state index contributed by atoms with van der Waals surface area (Å²) in [4.78, 5) is 0. The first-order valence-electron chi connectivity index (χ1n) is 12.9. The average molecular weight is 455 g/mol. The fourth-order valence-electron chi connectivity index (χ4n) is 5.66. The largest absolute Gasteiger partial charge is 0.393 e. The summed E-state index contributed by atoms with van der Waals surface area (Å²) in [6.07, 6.45) is 14.2. The number of hydrogen-bond donors (Lipinski definition) is 2. The Morgan fingerprint density at radius 1 is 1.22 bits per heavy atom. The van der Waals surface area contributed by atoms with E-state index in [1.807, 2.05) is 13.8 Å². The van der Waals surface area contributed by atoms with Crippen LogP contribution in [0.1, 0.15) is 106 Å². The van der Waals surface area contributed by atoms with Crippen molar-refractivity contribution in [3.63, 3.8) is 0 Å². The van der Waals surface area contributed by atoms with E-state index in [0.717, 1.165) is 32.1 Å². The van der Waals surface area contributed by atoms with Gasteiger partial charge < -0.3 is 14.9 Å². The molecule has 5 unspecified atom stereocenters. The van der Waals surface area contributed by atoms with Crippen molar-refractivity contribution >= 4 is 0 Å². The summed E-state index contributed by atoms with van der Waals surface area (Å²) < 4.78 is 16.5. The molecule has 2 rings (SSSR count). The second-order valence-corrected chi connectivity index (χ2v) is 10.8. The molecule has 2 aliphatic carbocycles. The summed E-state index contributed by atoms with van der Waals surface area (Å²) in [7, 11) is 0. The van der Waals surface area contributed by atoms with Crippen LogP contribution in [-0.2, 0) is 4.74 Å². The van der Waals surface area contributed by atoms with Gasteiger partial charge in [0.05, 0.1) is 24.5 Å². The van der Waals surface area contributed by atoms with Crippen LogP contribution in [0, 0.1) is 17.3 Å². The summed E-state index contributed by atoms with van der Waals surface area (Å²) in [5.74, 6) is 1.04. The van der Waals surface area contributed by atoms with Gasteiger partial charge in [-0.1, -0.05) is 50.5 Å². The van der Waals surface area contributed by atoms with Crippen molar-refractivity contribution in [3.05, 3.63) is 23.3 Å². The minimum absolute atomic E-state index is 0.145. The van der Waals surface area contributed by atoms with Crippen LogP contribution in [0.2, 0.25) is 0 Å². The van der Waals surface area contributed by atoms with Crippen molar-refractivity contribution in [2.24, 2.45) is 17.3 Å². The first-order valence-corrected chi connectivity index (χ1v) is 12.9. The van der Waals surface area contributed by atoms with Gasteiger partial charge in [-0.25, -0.2) is 0 Å². The van der Waals surface area contributed by atoms with Crippen LogP contribution < -0.4 is 0 Å². The summed E-state index contributed by atoms with van der Waals surface area (Å²) in [5.41, 5.74) is 2.54. The zero-order valence-electron chi connectivity index (χ0n) is 21.9. The van der Waals surface area contributed by atoms with Gasteiger partial charge in [-0.05, 0) is 96.3 Å². The molecule has 0 aromatic rings. The molecule has 32 heavy (non-hydrogen) atoms. The minimum atomic E-state index is -0.667. The number of hydrogen-bond acceptors (Lipinski definition) is 3. The topological polar surface area (TPSA) is 49.7 Å².